The van der Waals surface area contributed by atoms with Crippen molar-refractivity contribution in [3.05, 3.63) is 69.7 Å². The second kappa shape index (κ2) is 8.61. The van der Waals surface area contributed by atoms with Gasteiger partial charge in [-0.3, -0.25) is 14.5 Å². The lowest BCUT2D eigenvalue weighted by atomic mass is 9.97. The van der Waals surface area contributed by atoms with Gasteiger partial charge in [-0.05, 0) is 36.8 Å². The Morgan fingerprint density at radius 2 is 1.53 bits per heavy atom. The summed E-state index contributed by atoms with van der Waals surface area (Å²) in [5.41, 5.74) is 1.34. The van der Waals surface area contributed by atoms with Crippen LogP contribution in [0.2, 0.25) is 0 Å². The highest BCUT2D eigenvalue weighted by Gasteiger charge is 2.34. The van der Waals surface area contributed by atoms with Crippen LogP contribution in [-0.2, 0) is 9.84 Å². The molecule has 6 nitrogen and oxygen atoms in total. The Morgan fingerprint density at radius 3 is 2.13 bits per heavy atom. The number of piperazine rings is 1. The first kappa shape index (κ1) is 21.2. The number of amides is 1. The Kier molecular flexibility index (Phi) is 6.09. The lowest BCUT2D eigenvalue weighted by Crippen LogP contribution is -2.52. The van der Waals surface area contributed by atoms with E-state index >= 15 is 0 Å². The van der Waals surface area contributed by atoms with Gasteiger partial charge in [-0.1, -0.05) is 34.1 Å². The van der Waals surface area contributed by atoms with E-state index in [1.165, 1.54) is 0 Å². The standard InChI is InChI=1S/C22H23BrN2O4S/c23-17-7-5-16(6-8-17)21(26)19-3-1-2-4-20(19)22(27)25-12-10-24(11-13-25)18-9-14-30(28,29)15-18/h1-8,18H,9-15H2. The van der Waals surface area contributed by atoms with Crippen LogP contribution in [-0.4, -0.2) is 73.6 Å². The van der Waals surface area contributed by atoms with E-state index < -0.39 is 9.84 Å². The Balaban J connectivity index is 1.47. The van der Waals surface area contributed by atoms with Crippen molar-refractivity contribution in [2.24, 2.45) is 0 Å². The van der Waals surface area contributed by atoms with Crippen LogP contribution in [0.4, 0.5) is 0 Å². The molecule has 0 saturated carbocycles. The summed E-state index contributed by atoms with van der Waals surface area (Å²) in [7, 11) is -2.92. The molecule has 1 unspecified atom stereocenters. The van der Waals surface area contributed by atoms with Crippen LogP contribution in [0, 0.1) is 0 Å². The van der Waals surface area contributed by atoms with Crippen LogP contribution in [0.25, 0.3) is 0 Å². The van der Waals surface area contributed by atoms with Crippen molar-refractivity contribution >= 4 is 37.5 Å². The summed E-state index contributed by atoms with van der Waals surface area (Å²) in [6, 6.07) is 14.1. The van der Waals surface area contributed by atoms with Crippen LogP contribution < -0.4 is 0 Å². The molecule has 2 heterocycles. The van der Waals surface area contributed by atoms with Crippen molar-refractivity contribution in [2.75, 3.05) is 37.7 Å². The van der Waals surface area contributed by atoms with Crippen molar-refractivity contribution in [2.45, 2.75) is 12.5 Å². The minimum atomic E-state index is -2.92. The van der Waals surface area contributed by atoms with Gasteiger partial charge >= 0.3 is 0 Å². The third-order valence-corrected chi connectivity index (χ3v) is 8.11. The summed E-state index contributed by atoms with van der Waals surface area (Å²) in [5, 5.41) is 0. The Hall–Kier alpha value is -2.03. The van der Waals surface area contributed by atoms with E-state index in [4.69, 9.17) is 0 Å². The fourth-order valence-electron chi connectivity index (χ4n) is 4.15. The molecule has 1 amide bonds. The lowest BCUT2D eigenvalue weighted by Gasteiger charge is -2.37. The summed E-state index contributed by atoms with van der Waals surface area (Å²) < 4.78 is 24.4. The zero-order chi connectivity index (χ0) is 21.3. The van der Waals surface area contributed by atoms with E-state index in [1.807, 2.05) is 0 Å². The molecule has 8 heteroatoms. The van der Waals surface area contributed by atoms with Crippen LogP contribution in [0.15, 0.2) is 53.0 Å². The first-order valence-corrected chi connectivity index (χ1v) is 12.6. The second-order valence-corrected chi connectivity index (χ2v) is 10.9. The number of carbonyl (C=O) groups excluding carboxylic acids is 2. The SMILES string of the molecule is O=C(c1ccc(Br)cc1)c1ccccc1C(=O)N1CCN(C2CCS(=O)(=O)C2)CC1. The summed E-state index contributed by atoms with van der Waals surface area (Å²) in [4.78, 5) is 30.1. The predicted molar refractivity (Wildman–Crippen MR) is 119 cm³/mol. The van der Waals surface area contributed by atoms with Gasteiger partial charge in [0.05, 0.1) is 17.1 Å². The number of halogens is 1. The molecule has 0 aliphatic carbocycles. The molecule has 2 aliphatic heterocycles. The summed E-state index contributed by atoms with van der Waals surface area (Å²) >= 11 is 3.37. The maximum atomic E-state index is 13.2. The Morgan fingerprint density at radius 1 is 0.900 bits per heavy atom. The highest BCUT2D eigenvalue weighted by molar-refractivity contribution is 9.10. The summed E-state index contributed by atoms with van der Waals surface area (Å²) in [5.74, 6) is 0.129. The molecule has 2 fully saturated rings. The molecule has 0 spiro atoms. The number of nitrogens with zero attached hydrogens (tertiary/aromatic N) is 2. The molecule has 2 aliphatic rings. The van der Waals surface area contributed by atoms with E-state index in [1.54, 1.807) is 53.4 Å². The number of hydrogen-bond donors (Lipinski definition) is 0. The molecular formula is C22H23BrN2O4S. The molecule has 30 heavy (non-hydrogen) atoms. The van der Waals surface area contributed by atoms with Gasteiger partial charge in [-0.2, -0.15) is 0 Å². The van der Waals surface area contributed by atoms with Crippen molar-refractivity contribution in [3.8, 4) is 0 Å². The zero-order valence-corrected chi connectivity index (χ0v) is 18.9. The van der Waals surface area contributed by atoms with Gasteiger partial charge in [0.1, 0.15) is 0 Å². The lowest BCUT2D eigenvalue weighted by molar-refractivity contribution is 0.0585. The minimum Gasteiger partial charge on any atom is -0.336 e. The number of rotatable bonds is 4. The van der Waals surface area contributed by atoms with E-state index in [2.05, 4.69) is 20.8 Å². The van der Waals surface area contributed by atoms with Gasteiger partial charge in [0.2, 0.25) is 0 Å². The average molecular weight is 491 g/mol. The van der Waals surface area contributed by atoms with Gasteiger partial charge in [0, 0.05) is 47.8 Å². The molecule has 1 atom stereocenters. The molecule has 0 radical (unpaired) electrons. The topological polar surface area (TPSA) is 74.8 Å². The van der Waals surface area contributed by atoms with Crippen molar-refractivity contribution in [3.63, 3.8) is 0 Å². The first-order valence-electron chi connectivity index (χ1n) is 9.97. The van der Waals surface area contributed by atoms with Crippen molar-refractivity contribution < 1.29 is 18.0 Å². The molecule has 158 valence electrons. The maximum Gasteiger partial charge on any atom is 0.254 e. The third kappa shape index (κ3) is 4.50. The summed E-state index contributed by atoms with van der Waals surface area (Å²) in [6.45, 7) is 2.34. The van der Waals surface area contributed by atoms with E-state index in [9.17, 15) is 18.0 Å². The van der Waals surface area contributed by atoms with Gasteiger partial charge < -0.3 is 4.90 Å². The van der Waals surface area contributed by atoms with E-state index in [0.29, 0.717) is 49.3 Å². The largest absolute Gasteiger partial charge is 0.336 e. The predicted octanol–water partition coefficient (Wildman–Crippen LogP) is 2.63. The van der Waals surface area contributed by atoms with Crippen molar-refractivity contribution in [1.82, 2.24) is 9.80 Å². The number of benzene rings is 2. The molecule has 0 bridgehead atoms. The Labute approximate surface area is 184 Å². The highest BCUT2D eigenvalue weighted by Crippen LogP contribution is 2.22. The quantitative estimate of drug-likeness (QED) is 0.615. The molecular weight excluding hydrogens is 468 g/mol. The third-order valence-electron chi connectivity index (χ3n) is 5.83. The van der Waals surface area contributed by atoms with Gasteiger partial charge in [0.15, 0.2) is 15.6 Å². The number of carbonyl (C=O) groups is 2. The smallest absolute Gasteiger partial charge is 0.254 e. The van der Waals surface area contributed by atoms with Crippen LogP contribution in [0.3, 0.4) is 0 Å². The molecule has 2 aromatic rings. The second-order valence-electron chi connectivity index (χ2n) is 7.77. The zero-order valence-electron chi connectivity index (χ0n) is 16.5. The number of ketones is 1. The van der Waals surface area contributed by atoms with Gasteiger partial charge in [0.25, 0.3) is 5.91 Å². The van der Waals surface area contributed by atoms with Crippen LogP contribution in [0.1, 0.15) is 32.7 Å². The van der Waals surface area contributed by atoms with Crippen LogP contribution >= 0.6 is 15.9 Å². The van der Waals surface area contributed by atoms with Gasteiger partial charge in [-0.25, -0.2) is 8.42 Å². The normalized spacial score (nSPS) is 21.5. The van der Waals surface area contributed by atoms with E-state index in [0.717, 1.165) is 4.47 Å². The molecule has 0 aromatic heterocycles. The van der Waals surface area contributed by atoms with Crippen molar-refractivity contribution in [1.29, 1.82) is 0 Å². The molecule has 0 N–H and O–H groups in total. The summed E-state index contributed by atoms with van der Waals surface area (Å²) in [6.07, 6.45) is 0.667. The monoisotopic (exact) mass is 490 g/mol. The van der Waals surface area contributed by atoms with Gasteiger partial charge in [-0.15, -0.1) is 0 Å². The maximum absolute atomic E-state index is 13.2. The first-order chi connectivity index (χ1) is 14.3. The molecule has 4 rings (SSSR count). The Bertz CT molecular complexity index is 1060. The number of hydrogen-bond acceptors (Lipinski definition) is 5. The number of sulfone groups is 1. The highest BCUT2D eigenvalue weighted by atomic mass is 79.9. The molecule has 2 saturated heterocycles. The van der Waals surface area contributed by atoms with Crippen LogP contribution in [0.5, 0.6) is 0 Å². The fourth-order valence-corrected chi connectivity index (χ4v) is 6.17. The minimum absolute atomic E-state index is 0.0542. The average Bonchev–Trinajstić information content (AvgIpc) is 3.13. The molecule has 2 aromatic carbocycles. The fraction of sp³-hybridized carbons (Fsp3) is 0.364. The van der Waals surface area contributed by atoms with E-state index in [-0.39, 0.29) is 29.2 Å².